The maximum absolute atomic E-state index is 9.54. The van der Waals surface area contributed by atoms with Gasteiger partial charge < -0.3 is 10.0 Å². The lowest BCUT2D eigenvalue weighted by atomic mass is 10.0. The topological polar surface area (TPSA) is 23.5 Å². The minimum Gasteiger partial charge on any atom is -0.393 e. The van der Waals surface area contributed by atoms with E-state index >= 15 is 0 Å². The van der Waals surface area contributed by atoms with E-state index < -0.39 is 0 Å². The maximum Gasteiger partial charge on any atom is 0.0574 e. The maximum atomic E-state index is 9.54. The largest absolute Gasteiger partial charge is 0.393 e. The van der Waals surface area contributed by atoms with Crippen molar-refractivity contribution in [3.05, 3.63) is 29.3 Å². The van der Waals surface area contributed by atoms with Crippen molar-refractivity contribution in [1.82, 2.24) is 0 Å². The summed E-state index contributed by atoms with van der Waals surface area (Å²) in [4.78, 5) is 2.43. The van der Waals surface area contributed by atoms with Crippen LogP contribution in [0.5, 0.6) is 0 Å². The van der Waals surface area contributed by atoms with E-state index in [0.717, 1.165) is 32.4 Å². The smallest absolute Gasteiger partial charge is 0.0574 e. The predicted octanol–water partition coefficient (Wildman–Crippen LogP) is 2.52. The Morgan fingerprint density at radius 3 is 2.62 bits per heavy atom. The first kappa shape index (κ1) is 11.5. The van der Waals surface area contributed by atoms with E-state index in [1.54, 1.807) is 0 Å². The number of para-hydroxylation sites is 1. The van der Waals surface area contributed by atoms with Crippen LogP contribution in [0.2, 0.25) is 0 Å². The van der Waals surface area contributed by atoms with Gasteiger partial charge in [-0.1, -0.05) is 25.1 Å². The second-order valence-corrected chi connectivity index (χ2v) is 4.65. The summed E-state index contributed by atoms with van der Waals surface area (Å²) in [5.41, 5.74) is 4.18. The molecule has 2 rings (SSSR count). The fraction of sp³-hybridized carbons (Fsp3) is 0.571. The highest BCUT2D eigenvalue weighted by atomic mass is 16.3. The van der Waals surface area contributed by atoms with Gasteiger partial charge >= 0.3 is 0 Å². The molecule has 1 aromatic carbocycles. The van der Waals surface area contributed by atoms with Crippen LogP contribution in [0.3, 0.4) is 0 Å². The summed E-state index contributed by atoms with van der Waals surface area (Å²) in [6, 6.07) is 6.53. The molecule has 1 aliphatic rings. The highest BCUT2D eigenvalue weighted by Crippen LogP contribution is 2.28. The van der Waals surface area contributed by atoms with Gasteiger partial charge in [-0.05, 0) is 37.3 Å². The first-order valence-corrected chi connectivity index (χ1v) is 6.24. The monoisotopic (exact) mass is 219 g/mol. The first-order valence-electron chi connectivity index (χ1n) is 6.24. The zero-order chi connectivity index (χ0) is 11.5. The molecule has 1 aliphatic heterocycles. The number of benzene rings is 1. The molecule has 1 N–H and O–H groups in total. The average Bonchev–Trinajstić information content (AvgIpc) is 2.30. The molecule has 0 saturated carbocycles. The zero-order valence-corrected chi connectivity index (χ0v) is 10.2. The van der Waals surface area contributed by atoms with E-state index in [2.05, 4.69) is 36.9 Å². The minimum absolute atomic E-state index is 0.0923. The van der Waals surface area contributed by atoms with Gasteiger partial charge in [-0.15, -0.1) is 0 Å². The van der Waals surface area contributed by atoms with Crippen molar-refractivity contribution in [2.24, 2.45) is 0 Å². The van der Waals surface area contributed by atoms with Gasteiger partial charge in [0.05, 0.1) is 6.10 Å². The Hall–Kier alpha value is -1.02. The number of hydrogen-bond donors (Lipinski definition) is 1. The molecule has 0 atom stereocenters. The Morgan fingerprint density at radius 1 is 1.31 bits per heavy atom. The Labute approximate surface area is 97.9 Å². The molecule has 88 valence electrons. The standard InChI is InChI=1S/C14H21NO/c1-3-12-6-4-5-11(2)14(12)15-9-7-13(16)8-10-15/h4-6,13,16H,3,7-10H2,1-2H3. The molecule has 1 saturated heterocycles. The van der Waals surface area contributed by atoms with Gasteiger partial charge in [0.1, 0.15) is 0 Å². The van der Waals surface area contributed by atoms with Gasteiger partial charge in [-0.3, -0.25) is 0 Å². The molecule has 1 fully saturated rings. The van der Waals surface area contributed by atoms with Crippen LogP contribution in [-0.4, -0.2) is 24.3 Å². The van der Waals surface area contributed by atoms with Crippen molar-refractivity contribution < 1.29 is 5.11 Å². The highest BCUT2D eigenvalue weighted by Gasteiger charge is 2.19. The molecular formula is C14H21NO. The summed E-state index contributed by atoms with van der Waals surface area (Å²) in [6.45, 7) is 6.36. The van der Waals surface area contributed by atoms with E-state index in [1.165, 1.54) is 16.8 Å². The summed E-state index contributed by atoms with van der Waals surface area (Å²) < 4.78 is 0. The van der Waals surface area contributed by atoms with Crippen molar-refractivity contribution in [3.63, 3.8) is 0 Å². The lowest BCUT2D eigenvalue weighted by Gasteiger charge is -2.34. The van der Waals surface area contributed by atoms with Crippen molar-refractivity contribution >= 4 is 5.69 Å². The van der Waals surface area contributed by atoms with E-state index in [9.17, 15) is 5.11 Å². The van der Waals surface area contributed by atoms with Crippen LogP contribution in [0.4, 0.5) is 5.69 Å². The Balaban J connectivity index is 2.25. The normalized spacial score (nSPS) is 17.8. The van der Waals surface area contributed by atoms with E-state index in [4.69, 9.17) is 0 Å². The summed E-state index contributed by atoms with van der Waals surface area (Å²) in [5, 5.41) is 9.54. The molecule has 2 heteroatoms. The Bertz CT molecular complexity index is 354. The van der Waals surface area contributed by atoms with Gasteiger partial charge in [0, 0.05) is 18.8 Å². The number of aliphatic hydroxyl groups is 1. The fourth-order valence-corrected chi connectivity index (χ4v) is 2.55. The molecule has 0 spiro atoms. The average molecular weight is 219 g/mol. The number of nitrogens with zero attached hydrogens (tertiary/aromatic N) is 1. The Kier molecular flexibility index (Phi) is 3.49. The minimum atomic E-state index is -0.0923. The molecule has 0 bridgehead atoms. The summed E-state index contributed by atoms with van der Waals surface area (Å²) in [5.74, 6) is 0. The molecule has 2 nitrogen and oxygen atoms in total. The van der Waals surface area contributed by atoms with E-state index in [0.29, 0.717) is 0 Å². The van der Waals surface area contributed by atoms with Crippen molar-refractivity contribution in [2.75, 3.05) is 18.0 Å². The molecule has 0 aromatic heterocycles. The van der Waals surface area contributed by atoms with Crippen LogP contribution >= 0.6 is 0 Å². The predicted molar refractivity (Wildman–Crippen MR) is 68.0 cm³/mol. The van der Waals surface area contributed by atoms with Crippen LogP contribution in [0.25, 0.3) is 0 Å². The number of piperidine rings is 1. The zero-order valence-electron chi connectivity index (χ0n) is 10.2. The van der Waals surface area contributed by atoms with Crippen molar-refractivity contribution in [3.8, 4) is 0 Å². The molecule has 0 unspecified atom stereocenters. The van der Waals surface area contributed by atoms with Gasteiger partial charge in [0.2, 0.25) is 0 Å². The second-order valence-electron chi connectivity index (χ2n) is 4.65. The lowest BCUT2D eigenvalue weighted by molar-refractivity contribution is 0.145. The molecule has 16 heavy (non-hydrogen) atoms. The molecule has 0 radical (unpaired) electrons. The second kappa shape index (κ2) is 4.88. The van der Waals surface area contributed by atoms with Crippen molar-refractivity contribution in [1.29, 1.82) is 0 Å². The van der Waals surface area contributed by atoms with Crippen LogP contribution in [0.1, 0.15) is 30.9 Å². The summed E-state index contributed by atoms with van der Waals surface area (Å²) in [7, 11) is 0. The quantitative estimate of drug-likeness (QED) is 0.826. The van der Waals surface area contributed by atoms with Crippen LogP contribution < -0.4 is 4.90 Å². The number of rotatable bonds is 2. The first-order chi connectivity index (χ1) is 7.72. The number of aryl methyl sites for hydroxylation is 2. The third-order valence-electron chi connectivity index (χ3n) is 3.48. The van der Waals surface area contributed by atoms with E-state index in [1.807, 2.05) is 0 Å². The third-order valence-corrected chi connectivity index (χ3v) is 3.48. The van der Waals surface area contributed by atoms with E-state index in [-0.39, 0.29) is 6.10 Å². The van der Waals surface area contributed by atoms with Gasteiger partial charge in [-0.2, -0.15) is 0 Å². The molecular weight excluding hydrogens is 198 g/mol. The third kappa shape index (κ3) is 2.22. The van der Waals surface area contributed by atoms with Gasteiger partial charge in [-0.25, -0.2) is 0 Å². The van der Waals surface area contributed by atoms with Gasteiger partial charge in [0.15, 0.2) is 0 Å². The van der Waals surface area contributed by atoms with Crippen LogP contribution in [0.15, 0.2) is 18.2 Å². The van der Waals surface area contributed by atoms with Crippen LogP contribution in [-0.2, 0) is 6.42 Å². The number of anilines is 1. The highest BCUT2D eigenvalue weighted by molar-refractivity contribution is 5.59. The summed E-state index contributed by atoms with van der Waals surface area (Å²) in [6.07, 6.45) is 2.79. The number of aliphatic hydroxyl groups excluding tert-OH is 1. The van der Waals surface area contributed by atoms with Crippen LogP contribution in [0, 0.1) is 6.92 Å². The molecule has 1 heterocycles. The lowest BCUT2D eigenvalue weighted by Crippen LogP contribution is -2.36. The Morgan fingerprint density at radius 2 is 2.00 bits per heavy atom. The molecule has 0 amide bonds. The number of hydrogen-bond acceptors (Lipinski definition) is 2. The summed E-state index contributed by atoms with van der Waals surface area (Å²) >= 11 is 0. The van der Waals surface area contributed by atoms with Crippen molar-refractivity contribution in [2.45, 2.75) is 39.2 Å². The molecule has 1 aromatic rings. The fourth-order valence-electron chi connectivity index (χ4n) is 2.55. The molecule has 0 aliphatic carbocycles. The SMILES string of the molecule is CCc1cccc(C)c1N1CCC(O)CC1. The van der Waals surface area contributed by atoms with Gasteiger partial charge in [0.25, 0.3) is 0 Å².